The third-order valence-corrected chi connectivity index (χ3v) is 7.02. The van der Waals surface area contributed by atoms with E-state index in [1.807, 2.05) is 0 Å². The third kappa shape index (κ3) is 5.35. The molecule has 0 amide bonds. The van der Waals surface area contributed by atoms with Crippen molar-refractivity contribution in [3.05, 3.63) is 0 Å². The SMILES string of the molecule is O=S1(=O)CCC(CN=C(NCC2CCC2)NC2CCOCC2)C1. The van der Waals surface area contributed by atoms with Crippen molar-refractivity contribution in [2.75, 3.05) is 37.8 Å². The third-order valence-electron chi connectivity index (χ3n) is 5.18. The molecule has 2 heterocycles. The van der Waals surface area contributed by atoms with Crippen LogP contribution < -0.4 is 10.6 Å². The van der Waals surface area contributed by atoms with Crippen LogP contribution in [0.4, 0.5) is 0 Å². The van der Waals surface area contributed by atoms with Gasteiger partial charge in [-0.3, -0.25) is 4.99 Å². The lowest BCUT2D eigenvalue weighted by Crippen LogP contribution is -2.47. The number of aliphatic imine (C=N–C) groups is 1. The van der Waals surface area contributed by atoms with E-state index < -0.39 is 9.84 Å². The summed E-state index contributed by atoms with van der Waals surface area (Å²) in [6, 6.07) is 0.406. The van der Waals surface area contributed by atoms with E-state index in [1.165, 1.54) is 19.3 Å². The van der Waals surface area contributed by atoms with E-state index in [9.17, 15) is 8.42 Å². The summed E-state index contributed by atoms with van der Waals surface area (Å²) >= 11 is 0. The van der Waals surface area contributed by atoms with Crippen LogP contribution in [0.5, 0.6) is 0 Å². The van der Waals surface area contributed by atoms with Crippen LogP contribution in [0.3, 0.4) is 0 Å². The number of nitrogens with one attached hydrogen (secondary N) is 2. The highest BCUT2D eigenvalue weighted by Gasteiger charge is 2.28. The molecule has 2 N–H and O–H groups in total. The van der Waals surface area contributed by atoms with Gasteiger partial charge in [0.25, 0.3) is 0 Å². The largest absolute Gasteiger partial charge is 0.381 e. The second-order valence-electron chi connectivity index (χ2n) is 7.17. The van der Waals surface area contributed by atoms with Crippen LogP contribution in [0.1, 0.15) is 38.5 Å². The molecule has 0 bridgehead atoms. The van der Waals surface area contributed by atoms with Crippen molar-refractivity contribution < 1.29 is 13.2 Å². The van der Waals surface area contributed by atoms with Gasteiger partial charge in [-0.05, 0) is 43.9 Å². The predicted molar refractivity (Wildman–Crippen MR) is 91.4 cm³/mol. The zero-order chi connectivity index (χ0) is 16.1. The Bertz CT molecular complexity index is 511. The summed E-state index contributed by atoms with van der Waals surface area (Å²) < 4.78 is 28.5. The molecule has 1 unspecified atom stereocenters. The summed E-state index contributed by atoms with van der Waals surface area (Å²) in [5, 5.41) is 6.98. The van der Waals surface area contributed by atoms with Crippen LogP contribution >= 0.6 is 0 Å². The zero-order valence-electron chi connectivity index (χ0n) is 13.8. The van der Waals surface area contributed by atoms with E-state index >= 15 is 0 Å². The molecule has 23 heavy (non-hydrogen) atoms. The van der Waals surface area contributed by atoms with Gasteiger partial charge in [-0.2, -0.15) is 0 Å². The number of sulfone groups is 1. The highest BCUT2D eigenvalue weighted by Crippen LogP contribution is 2.25. The maximum atomic E-state index is 11.6. The molecule has 3 fully saturated rings. The molecule has 2 saturated heterocycles. The molecule has 1 aliphatic carbocycles. The summed E-state index contributed by atoms with van der Waals surface area (Å²) in [4.78, 5) is 4.68. The minimum absolute atomic E-state index is 0.178. The molecular weight excluding hydrogens is 314 g/mol. The van der Waals surface area contributed by atoms with Crippen molar-refractivity contribution in [3.8, 4) is 0 Å². The summed E-state index contributed by atoms with van der Waals surface area (Å²) in [7, 11) is -2.82. The zero-order valence-corrected chi connectivity index (χ0v) is 14.6. The van der Waals surface area contributed by atoms with Gasteiger partial charge in [0.2, 0.25) is 0 Å². The molecule has 2 aliphatic heterocycles. The lowest BCUT2D eigenvalue weighted by molar-refractivity contribution is 0.0822. The van der Waals surface area contributed by atoms with Crippen molar-refractivity contribution in [2.45, 2.75) is 44.6 Å². The maximum Gasteiger partial charge on any atom is 0.191 e. The van der Waals surface area contributed by atoms with Crippen LogP contribution in [-0.4, -0.2) is 58.2 Å². The number of guanidine groups is 1. The lowest BCUT2D eigenvalue weighted by Gasteiger charge is -2.29. The molecule has 3 rings (SSSR count). The van der Waals surface area contributed by atoms with Crippen molar-refractivity contribution in [1.29, 1.82) is 0 Å². The fraction of sp³-hybridized carbons (Fsp3) is 0.938. The van der Waals surface area contributed by atoms with Crippen molar-refractivity contribution in [1.82, 2.24) is 10.6 Å². The standard InChI is InChI=1S/C16H29N3O3S/c20-23(21)9-6-14(12-23)11-18-16(17-10-13-2-1-3-13)19-15-4-7-22-8-5-15/h13-15H,1-12H2,(H2,17,18,19). The van der Waals surface area contributed by atoms with Crippen molar-refractivity contribution >= 4 is 15.8 Å². The monoisotopic (exact) mass is 343 g/mol. The van der Waals surface area contributed by atoms with Gasteiger partial charge in [0, 0.05) is 32.3 Å². The Morgan fingerprint density at radius 2 is 1.87 bits per heavy atom. The minimum atomic E-state index is -2.82. The minimum Gasteiger partial charge on any atom is -0.381 e. The summed E-state index contributed by atoms with van der Waals surface area (Å²) in [6.45, 7) is 3.17. The van der Waals surface area contributed by atoms with Gasteiger partial charge in [-0.25, -0.2) is 8.42 Å². The van der Waals surface area contributed by atoms with Crippen LogP contribution in [0.15, 0.2) is 4.99 Å². The Kier molecular flexibility index (Phi) is 5.80. The Hall–Kier alpha value is -0.820. The first-order chi connectivity index (χ1) is 11.1. The first-order valence-electron chi connectivity index (χ1n) is 8.94. The number of ether oxygens (including phenoxy) is 1. The van der Waals surface area contributed by atoms with Crippen LogP contribution in [0.2, 0.25) is 0 Å². The Labute approximate surface area is 139 Å². The number of hydrogen-bond donors (Lipinski definition) is 2. The molecule has 0 aromatic carbocycles. The summed E-state index contributed by atoms with van der Waals surface area (Å²) in [5.74, 6) is 2.42. The topological polar surface area (TPSA) is 79.8 Å². The molecule has 0 spiro atoms. The molecule has 6 nitrogen and oxygen atoms in total. The van der Waals surface area contributed by atoms with E-state index in [0.29, 0.717) is 24.1 Å². The molecular formula is C16H29N3O3S. The first kappa shape index (κ1) is 17.0. The number of rotatable bonds is 5. The molecule has 0 radical (unpaired) electrons. The fourth-order valence-corrected chi connectivity index (χ4v) is 5.21. The first-order valence-corrected chi connectivity index (χ1v) is 10.8. The average Bonchev–Trinajstić information content (AvgIpc) is 2.83. The van der Waals surface area contributed by atoms with Crippen molar-refractivity contribution in [3.63, 3.8) is 0 Å². The Morgan fingerprint density at radius 1 is 1.09 bits per heavy atom. The van der Waals surface area contributed by atoms with Crippen LogP contribution in [-0.2, 0) is 14.6 Å². The van der Waals surface area contributed by atoms with Gasteiger partial charge in [0.05, 0.1) is 11.5 Å². The van der Waals surface area contributed by atoms with Crippen LogP contribution in [0.25, 0.3) is 0 Å². The normalized spacial score (nSPS) is 29.2. The van der Waals surface area contributed by atoms with E-state index in [1.54, 1.807) is 0 Å². The van der Waals surface area contributed by atoms with Gasteiger partial charge in [0.15, 0.2) is 15.8 Å². The van der Waals surface area contributed by atoms with Gasteiger partial charge in [-0.15, -0.1) is 0 Å². The Morgan fingerprint density at radius 3 is 2.48 bits per heavy atom. The van der Waals surface area contributed by atoms with Crippen LogP contribution in [0, 0.1) is 11.8 Å². The Balaban J connectivity index is 1.52. The number of hydrogen-bond acceptors (Lipinski definition) is 4. The van der Waals surface area contributed by atoms with E-state index in [-0.39, 0.29) is 5.92 Å². The quantitative estimate of drug-likeness (QED) is 0.574. The van der Waals surface area contributed by atoms with E-state index in [4.69, 9.17) is 4.74 Å². The lowest BCUT2D eigenvalue weighted by atomic mass is 9.85. The highest BCUT2D eigenvalue weighted by atomic mass is 32.2. The van der Waals surface area contributed by atoms with Gasteiger partial charge < -0.3 is 15.4 Å². The molecule has 1 atom stereocenters. The van der Waals surface area contributed by atoms with Gasteiger partial charge >= 0.3 is 0 Å². The van der Waals surface area contributed by atoms with Gasteiger partial charge in [-0.1, -0.05) is 6.42 Å². The van der Waals surface area contributed by atoms with Gasteiger partial charge in [0.1, 0.15) is 0 Å². The predicted octanol–water partition coefficient (Wildman–Crippen LogP) is 0.935. The molecule has 0 aromatic heterocycles. The molecule has 7 heteroatoms. The molecule has 3 aliphatic rings. The smallest absolute Gasteiger partial charge is 0.191 e. The fourth-order valence-electron chi connectivity index (χ4n) is 3.36. The summed E-state index contributed by atoms with van der Waals surface area (Å²) in [6.07, 6.45) is 6.70. The van der Waals surface area contributed by atoms with Crippen molar-refractivity contribution in [2.24, 2.45) is 16.8 Å². The number of nitrogens with zero attached hydrogens (tertiary/aromatic N) is 1. The molecule has 0 aromatic rings. The summed E-state index contributed by atoms with van der Waals surface area (Å²) in [5.41, 5.74) is 0. The maximum absolute atomic E-state index is 11.6. The van der Waals surface area contributed by atoms with E-state index in [2.05, 4.69) is 15.6 Å². The second kappa shape index (κ2) is 7.83. The van der Waals surface area contributed by atoms with E-state index in [0.717, 1.165) is 50.9 Å². The average molecular weight is 343 g/mol. The second-order valence-corrected chi connectivity index (χ2v) is 9.40. The molecule has 132 valence electrons. The molecule has 1 saturated carbocycles. The highest BCUT2D eigenvalue weighted by molar-refractivity contribution is 7.91.